The molecule has 1 aliphatic carbocycles. The molecule has 54 heavy (non-hydrogen) atoms. The first-order valence-electron chi connectivity index (χ1n) is 21.3. The van der Waals surface area contributed by atoms with E-state index in [2.05, 4.69) is 18.8 Å². The van der Waals surface area contributed by atoms with Crippen molar-refractivity contribution in [1.29, 1.82) is 0 Å². The van der Waals surface area contributed by atoms with Crippen LogP contribution in [0.5, 0.6) is 5.75 Å². The molecule has 1 aromatic carbocycles. The molecule has 1 aromatic rings. The van der Waals surface area contributed by atoms with Gasteiger partial charge >= 0.3 is 11.9 Å². The van der Waals surface area contributed by atoms with Gasteiger partial charge in [0, 0.05) is 37.7 Å². The Morgan fingerprint density at radius 2 is 1.24 bits per heavy atom. The maximum Gasteiger partial charge on any atom is 0.311 e. The number of hydrogen-bond donors (Lipinski definition) is 0. The first-order valence-corrected chi connectivity index (χ1v) is 21.3. The van der Waals surface area contributed by atoms with Gasteiger partial charge in [0.05, 0.1) is 6.61 Å². The molecule has 0 aromatic heterocycles. The Morgan fingerprint density at radius 1 is 0.667 bits per heavy atom. The number of aromatic nitrogens is 1. The summed E-state index contributed by atoms with van der Waals surface area (Å²) in [6, 6.07) is 7.84. The quantitative estimate of drug-likeness (QED) is 0.0266. The van der Waals surface area contributed by atoms with E-state index in [-0.39, 0.29) is 37.0 Å². The molecular formula is C45H69NO8. The van der Waals surface area contributed by atoms with Crippen LogP contribution in [0.4, 0.5) is 0 Å². The van der Waals surface area contributed by atoms with Crippen molar-refractivity contribution < 1.29 is 33.0 Å². The van der Waals surface area contributed by atoms with Crippen molar-refractivity contribution >= 4 is 23.0 Å². The summed E-state index contributed by atoms with van der Waals surface area (Å²) < 4.78 is 29.2. The van der Waals surface area contributed by atoms with E-state index >= 15 is 0 Å². The number of aryl methyl sites for hydroxylation is 1. The van der Waals surface area contributed by atoms with Gasteiger partial charge in [-0.1, -0.05) is 129 Å². The number of nitrogens with zero attached hydrogens (tertiary/aromatic N) is 1. The number of unbranched alkanes of at least 4 members (excludes halogenated alkanes) is 18. The number of fused-ring (bicyclic) bond motifs is 2. The van der Waals surface area contributed by atoms with Gasteiger partial charge in [0.1, 0.15) is 29.7 Å². The number of esters is 2. The third-order valence-corrected chi connectivity index (χ3v) is 9.93. The monoisotopic (exact) mass is 752 g/mol. The Hall–Kier alpha value is -3.30. The van der Waals surface area contributed by atoms with E-state index in [1.807, 2.05) is 0 Å². The second-order valence-corrected chi connectivity index (χ2v) is 14.8. The van der Waals surface area contributed by atoms with Crippen LogP contribution in [0.2, 0.25) is 0 Å². The van der Waals surface area contributed by atoms with Gasteiger partial charge in [0.2, 0.25) is 0 Å². The van der Waals surface area contributed by atoms with Crippen LogP contribution in [0.3, 0.4) is 0 Å². The highest BCUT2D eigenvalue weighted by Crippen LogP contribution is 2.31. The summed E-state index contributed by atoms with van der Waals surface area (Å²) in [6.07, 6.45) is 25.6. The molecule has 0 amide bonds. The van der Waals surface area contributed by atoms with Crippen LogP contribution < -0.4 is 10.2 Å². The minimum Gasteiger partial charge on any atom is -0.463 e. The molecule has 9 nitrogen and oxygen atoms in total. The van der Waals surface area contributed by atoms with Crippen LogP contribution in [-0.2, 0) is 23.8 Å². The zero-order valence-electron chi connectivity index (χ0n) is 33.8. The fraction of sp³-hybridized carbons (Fsp3) is 0.689. The average Bonchev–Trinajstić information content (AvgIpc) is 3.16. The summed E-state index contributed by atoms with van der Waals surface area (Å²) >= 11 is 0. The highest BCUT2D eigenvalue weighted by atomic mass is 16.6. The van der Waals surface area contributed by atoms with Gasteiger partial charge in [0.25, 0.3) is 0 Å². The molecule has 0 unspecified atom stereocenters. The maximum atomic E-state index is 12.7. The molecule has 0 spiro atoms. The Labute approximate surface area is 324 Å². The summed E-state index contributed by atoms with van der Waals surface area (Å²) in [5.41, 5.74) is 2.04. The van der Waals surface area contributed by atoms with Crippen LogP contribution in [0.1, 0.15) is 167 Å². The summed E-state index contributed by atoms with van der Waals surface area (Å²) in [7, 11) is 0. The van der Waals surface area contributed by atoms with Gasteiger partial charge in [-0.2, -0.15) is 0 Å². The third-order valence-electron chi connectivity index (χ3n) is 9.93. The van der Waals surface area contributed by atoms with Crippen LogP contribution in [0, 0.1) is 6.92 Å². The molecule has 9 heteroatoms. The van der Waals surface area contributed by atoms with Crippen molar-refractivity contribution in [3.63, 3.8) is 0 Å². The van der Waals surface area contributed by atoms with Crippen LogP contribution >= 0.6 is 0 Å². The van der Waals surface area contributed by atoms with Crippen molar-refractivity contribution in [2.45, 2.75) is 175 Å². The smallest absolute Gasteiger partial charge is 0.311 e. The molecule has 0 fully saturated rings. The lowest BCUT2D eigenvalue weighted by molar-refractivity contribution is -0.150. The zero-order chi connectivity index (χ0) is 38.6. The molecular weight excluding hydrogens is 682 g/mol. The van der Waals surface area contributed by atoms with Crippen molar-refractivity contribution in [2.75, 3.05) is 26.4 Å². The van der Waals surface area contributed by atoms with E-state index < -0.39 is 5.97 Å². The minimum absolute atomic E-state index is 0.0554. The minimum atomic E-state index is -0.459. The first kappa shape index (κ1) is 45.1. The van der Waals surface area contributed by atoms with Crippen molar-refractivity contribution in [3.8, 4) is 17.2 Å². The van der Waals surface area contributed by atoms with Gasteiger partial charge in [0.15, 0.2) is 16.8 Å². The van der Waals surface area contributed by atoms with Gasteiger partial charge in [-0.25, -0.2) is 4.98 Å². The molecule has 1 atom stereocenters. The molecule has 1 heterocycles. The van der Waals surface area contributed by atoms with Crippen LogP contribution in [-0.4, -0.2) is 49.5 Å². The Balaban J connectivity index is 1.35. The van der Waals surface area contributed by atoms with Gasteiger partial charge in [-0.05, 0) is 50.5 Å². The number of carbonyl (C=O) groups excluding carboxylic acids is 2. The number of benzene rings is 2. The van der Waals surface area contributed by atoms with Gasteiger partial charge < -0.3 is 23.4 Å². The SMILES string of the molecule is CCCCCCCCCCCCOC[C@@H](COC(=O)CCCC(=O)Oc1ccc2nc3ccc(=O)cc-3oc2c1C)OCCCCCCCCCCCC. The van der Waals surface area contributed by atoms with E-state index in [1.165, 1.54) is 121 Å². The molecule has 0 saturated carbocycles. The summed E-state index contributed by atoms with van der Waals surface area (Å²) in [5.74, 6) is -0.119. The normalized spacial score (nSPS) is 12.1. The summed E-state index contributed by atoms with van der Waals surface area (Å²) in [4.78, 5) is 41.7. The van der Waals surface area contributed by atoms with E-state index in [0.29, 0.717) is 60.1 Å². The predicted octanol–water partition coefficient (Wildman–Crippen LogP) is 11.5. The lowest BCUT2D eigenvalue weighted by Crippen LogP contribution is -2.28. The van der Waals surface area contributed by atoms with E-state index in [0.717, 1.165) is 19.3 Å². The summed E-state index contributed by atoms with van der Waals surface area (Å²) in [6.45, 7) is 8.13. The number of rotatable bonds is 32. The van der Waals surface area contributed by atoms with Gasteiger partial charge in [-0.15, -0.1) is 0 Å². The summed E-state index contributed by atoms with van der Waals surface area (Å²) in [5, 5.41) is 0. The fourth-order valence-electron chi connectivity index (χ4n) is 6.59. The highest BCUT2D eigenvalue weighted by molar-refractivity contribution is 5.83. The Bertz CT molecular complexity index is 1490. The fourth-order valence-corrected chi connectivity index (χ4v) is 6.59. The second-order valence-electron chi connectivity index (χ2n) is 14.8. The number of hydrogen-bond acceptors (Lipinski definition) is 9. The molecule has 0 bridgehead atoms. The largest absolute Gasteiger partial charge is 0.463 e. The predicted molar refractivity (Wildman–Crippen MR) is 216 cm³/mol. The molecule has 2 aliphatic rings. The first-order chi connectivity index (χ1) is 26.4. The van der Waals surface area contributed by atoms with Crippen molar-refractivity contribution in [1.82, 2.24) is 4.98 Å². The maximum absolute atomic E-state index is 12.7. The highest BCUT2D eigenvalue weighted by Gasteiger charge is 2.17. The Kier molecular flexibility index (Phi) is 23.5. The van der Waals surface area contributed by atoms with Gasteiger partial charge in [-0.3, -0.25) is 14.4 Å². The molecule has 0 saturated heterocycles. The average molecular weight is 752 g/mol. The standard InChI is InChI=1S/C45H69NO8/c1-4-6-8-10-12-14-16-18-20-22-31-50-34-38(51-32-23-21-19-17-15-13-11-9-7-5-2)35-52-43(48)25-24-26-44(49)53-41-30-29-40-45(36(41)3)54-42-33-37(47)27-28-39(42)46-40/h27-30,33,38H,4-26,31-32,34-35H2,1-3H3/t38-/m0/s1. The zero-order valence-corrected chi connectivity index (χ0v) is 33.8. The third kappa shape index (κ3) is 18.8. The number of ether oxygens (including phenoxy) is 4. The molecule has 0 radical (unpaired) electrons. The lowest BCUT2D eigenvalue weighted by atomic mass is 10.1. The molecule has 1 aliphatic heterocycles. The number of carbonyl (C=O) groups is 2. The van der Waals surface area contributed by atoms with Crippen molar-refractivity contribution in [3.05, 3.63) is 46.1 Å². The van der Waals surface area contributed by atoms with Crippen molar-refractivity contribution in [2.24, 2.45) is 0 Å². The molecule has 3 rings (SSSR count). The molecule has 302 valence electrons. The van der Waals surface area contributed by atoms with E-state index in [1.54, 1.807) is 25.1 Å². The topological polar surface area (TPSA) is 114 Å². The second kappa shape index (κ2) is 28.2. The van der Waals surface area contributed by atoms with Crippen LogP contribution in [0.25, 0.3) is 22.6 Å². The lowest BCUT2D eigenvalue weighted by Gasteiger charge is -2.18. The van der Waals surface area contributed by atoms with E-state index in [4.69, 9.17) is 23.4 Å². The van der Waals surface area contributed by atoms with Crippen LogP contribution in [0.15, 0.2) is 39.5 Å². The van der Waals surface area contributed by atoms with E-state index in [9.17, 15) is 14.4 Å². The Morgan fingerprint density at radius 3 is 1.87 bits per heavy atom. The molecule has 0 N–H and O–H groups in total.